The number of sulfone groups is 1. The lowest BCUT2D eigenvalue weighted by molar-refractivity contribution is 0.571. The van der Waals surface area contributed by atoms with Crippen molar-refractivity contribution in [1.29, 1.82) is 0 Å². The third-order valence-electron chi connectivity index (χ3n) is 1.87. The molecule has 1 aromatic heterocycles. The Balaban J connectivity index is 2.29. The van der Waals surface area contributed by atoms with Crippen molar-refractivity contribution in [3.8, 4) is 0 Å². The fourth-order valence-electron chi connectivity index (χ4n) is 1.13. The van der Waals surface area contributed by atoms with Gasteiger partial charge in [-0.25, -0.2) is 13.1 Å². The molecule has 2 aromatic rings. The van der Waals surface area contributed by atoms with E-state index >= 15 is 0 Å². The summed E-state index contributed by atoms with van der Waals surface area (Å²) in [6.45, 7) is 0. The second-order valence-corrected chi connectivity index (χ2v) is 5.44. The SMILES string of the molecule is O=S(=O)(Cn1cnnn1)c1ccc(Cl)cc1. The van der Waals surface area contributed by atoms with E-state index in [1.807, 2.05) is 0 Å². The van der Waals surface area contributed by atoms with Gasteiger partial charge in [-0.3, -0.25) is 0 Å². The largest absolute Gasteiger partial charge is 0.222 e. The molecule has 0 aliphatic heterocycles. The van der Waals surface area contributed by atoms with Gasteiger partial charge < -0.3 is 0 Å². The molecule has 0 bridgehead atoms. The maximum atomic E-state index is 11.9. The first kappa shape index (κ1) is 11.0. The minimum absolute atomic E-state index is 0.187. The first-order valence-corrected chi connectivity index (χ1v) is 6.30. The van der Waals surface area contributed by atoms with E-state index in [2.05, 4.69) is 15.5 Å². The Morgan fingerprint density at radius 3 is 2.50 bits per heavy atom. The molecule has 0 amide bonds. The third-order valence-corrected chi connectivity index (χ3v) is 3.71. The van der Waals surface area contributed by atoms with Gasteiger partial charge in [0.15, 0.2) is 15.7 Å². The topological polar surface area (TPSA) is 77.7 Å². The molecule has 1 heterocycles. The molecule has 0 fully saturated rings. The number of tetrazole rings is 1. The van der Waals surface area contributed by atoms with Crippen LogP contribution in [0.2, 0.25) is 5.02 Å². The summed E-state index contributed by atoms with van der Waals surface area (Å²) in [5.41, 5.74) is 0. The van der Waals surface area contributed by atoms with Crippen LogP contribution in [0.5, 0.6) is 0 Å². The van der Waals surface area contributed by atoms with Gasteiger partial charge in [-0.15, -0.1) is 5.10 Å². The van der Waals surface area contributed by atoms with Gasteiger partial charge in [0.05, 0.1) is 4.90 Å². The summed E-state index contributed by atoms with van der Waals surface area (Å²) < 4.78 is 24.8. The zero-order valence-electron chi connectivity index (χ0n) is 7.99. The fourth-order valence-corrected chi connectivity index (χ4v) is 2.42. The van der Waals surface area contributed by atoms with E-state index in [1.54, 1.807) is 0 Å². The van der Waals surface area contributed by atoms with Crippen LogP contribution < -0.4 is 0 Å². The van der Waals surface area contributed by atoms with Gasteiger partial charge in [0.1, 0.15) is 6.33 Å². The van der Waals surface area contributed by atoms with E-state index in [-0.39, 0.29) is 10.8 Å². The molecule has 6 nitrogen and oxygen atoms in total. The lowest BCUT2D eigenvalue weighted by Crippen LogP contribution is -2.11. The van der Waals surface area contributed by atoms with Crippen molar-refractivity contribution in [2.24, 2.45) is 0 Å². The Labute approximate surface area is 96.8 Å². The summed E-state index contributed by atoms with van der Waals surface area (Å²) >= 11 is 5.67. The molecule has 0 atom stereocenters. The fraction of sp³-hybridized carbons (Fsp3) is 0.125. The van der Waals surface area contributed by atoms with Crippen molar-refractivity contribution in [2.45, 2.75) is 10.8 Å². The normalized spacial score (nSPS) is 11.6. The Kier molecular flexibility index (Phi) is 2.88. The van der Waals surface area contributed by atoms with Gasteiger partial charge in [-0.05, 0) is 34.7 Å². The number of nitrogens with zero attached hydrogens (tertiary/aromatic N) is 4. The smallest absolute Gasteiger partial charge is 0.198 e. The lowest BCUT2D eigenvalue weighted by atomic mass is 10.4. The van der Waals surface area contributed by atoms with Gasteiger partial charge in [0.25, 0.3) is 0 Å². The Morgan fingerprint density at radius 2 is 1.94 bits per heavy atom. The van der Waals surface area contributed by atoms with E-state index in [1.165, 1.54) is 30.6 Å². The molecule has 84 valence electrons. The predicted octanol–water partition coefficient (Wildman–Crippen LogP) is 0.758. The summed E-state index contributed by atoms with van der Waals surface area (Å²) in [6.07, 6.45) is 1.24. The number of halogens is 1. The Morgan fingerprint density at radius 1 is 1.25 bits per heavy atom. The quantitative estimate of drug-likeness (QED) is 0.812. The summed E-state index contributed by atoms with van der Waals surface area (Å²) in [5.74, 6) is -0.290. The number of hydrogen-bond donors (Lipinski definition) is 0. The minimum Gasteiger partial charge on any atom is -0.222 e. The lowest BCUT2D eigenvalue weighted by Gasteiger charge is -2.03. The third kappa shape index (κ3) is 2.37. The molecule has 2 rings (SSSR count). The van der Waals surface area contributed by atoms with Gasteiger partial charge in [-0.2, -0.15) is 0 Å². The molecule has 1 aromatic carbocycles. The van der Waals surface area contributed by atoms with Crippen LogP contribution in [0.15, 0.2) is 35.5 Å². The number of benzene rings is 1. The van der Waals surface area contributed by atoms with Crippen molar-refractivity contribution in [2.75, 3.05) is 0 Å². The molecular weight excluding hydrogens is 252 g/mol. The highest BCUT2D eigenvalue weighted by atomic mass is 35.5. The molecule has 0 aliphatic rings. The summed E-state index contributed by atoms with van der Waals surface area (Å²) in [6, 6.07) is 5.94. The van der Waals surface area contributed by atoms with Gasteiger partial charge in [-0.1, -0.05) is 11.6 Å². The van der Waals surface area contributed by atoms with Crippen LogP contribution in [0.25, 0.3) is 0 Å². The molecular formula is C8H7ClN4O2S. The van der Waals surface area contributed by atoms with Crippen LogP contribution in [-0.2, 0) is 15.7 Å². The van der Waals surface area contributed by atoms with Crippen LogP contribution in [-0.4, -0.2) is 28.6 Å². The number of rotatable bonds is 3. The maximum absolute atomic E-state index is 11.9. The number of hydrogen-bond acceptors (Lipinski definition) is 5. The molecule has 0 radical (unpaired) electrons. The highest BCUT2D eigenvalue weighted by Gasteiger charge is 2.15. The molecule has 0 spiro atoms. The van der Waals surface area contributed by atoms with Crippen LogP contribution >= 0.6 is 11.6 Å². The van der Waals surface area contributed by atoms with Crippen molar-refractivity contribution >= 4 is 21.4 Å². The average molecular weight is 259 g/mol. The van der Waals surface area contributed by atoms with Gasteiger partial charge >= 0.3 is 0 Å². The summed E-state index contributed by atoms with van der Waals surface area (Å²) in [5, 5.41) is 10.7. The molecule has 0 saturated carbocycles. The minimum atomic E-state index is -3.44. The van der Waals surface area contributed by atoms with Crippen LogP contribution in [0.1, 0.15) is 0 Å². The summed E-state index contributed by atoms with van der Waals surface area (Å²) in [4.78, 5) is 0.187. The monoisotopic (exact) mass is 258 g/mol. The predicted molar refractivity (Wildman–Crippen MR) is 56.5 cm³/mol. The zero-order valence-corrected chi connectivity index (χ0v) is 9.56. The zero-order chi connectivity index (χ0) is 11.6. The highest BCUT2D eigenvalue weighted by molar-refractivity contribution is 7.90. The highest BCUT2D eigenvalue weighted by Crippen LogP contribution is 2.16. The van der Waals surface area contributed by atoms with Crippen LogP contribution in [0.4, 0.5) is 0 Å². The first-order chi connectivity index (χ1) is 7.58. The van der Waals surface area contributed by atoms with E-state index in [9.17, 15) is 8.42 Å². The summed E-state index contributed by atoms with van der Waals surface area (Å²) in [7, 11) is -3.44. The molecule has 0 saturated heterocycles. The van der Waals surface area contributed by atoms with Gasteiger partial charge in [0.2, 0.25) is 0 Å². The standard InChI is InChI=1S/C8H7ClN4O2S/c9-7-1-3-8(4-2-7)16(14,15)6-13-5-10-11-12-13/h1-5H,6H2. The van der Waals surface area contributed by atoms with Crippen molar-refractivity contribution < 1.29 is 8.42 Å². The van der Waals surface area contributed by atoms with Crippen molar-refractivity contribution in [3.05, 3.63) is 35.6 Å². The van der Waals surface area contributed by atoms with Crippen molar-refractivity contribution in [3.63, 3.8) is 0 Å². The van der Waals surface area contributed by atoms with E-state index in [4.69, 9.17) is 11.6 Å². The second kappa shape index (κ2) is 4.18. The molecule has 0 aliphatic carbocycles. The maximum Gasteiger partial charge on any atom is 0.198 e. The van der Waals surface area contributed by atoms with Gasteiger partial charge in [0, 0.05) is 5.02 Å². The van der Waals surface area contributed by atoms with Crippen LogP contribution in [0, 0.1) is 0 Å². The Bertz CT molecular complexity index is 565. The second-order valence-electron chi connectivity index (χ2n) is 3.05. The first-order valence-electron chi connectivity index (χ1n) is 4.27. The van der Waals surface area contributed by atoms with E-state index in [0.717, 1.165) is 4.68 Å². The molecule has 8 heteroatoms. The molecule has 0 unspecified atom stereocenters. The van der Waals surface area contributed by atoms with Crippen LogP contribution in [0.3, 0.4) is 0 Å². The molecule has 0 N–H and O–H groups in total. The Hall–Kier alpha value is -1.47. The average Bonchev–Trinajstić information content (AvgIpc) is 2.70. The van der Waals surface area contributed by atoms with E-state index in [0.29, 0.717) is 5.02 Å². The molecule has 16 heavy (non-hydrogen) atoms. The number of aromatic nitrogens is 4. The van der Waals surface area contributed by atoms with Crippen molar-refractivity contribution in [1.82, 2.24) is 20.2 Å². The van der Waals surface area contributed by atoms with E-state index < -0.39 is 9.84 Å².